The fourth-order valence-corrected chi connectivity index (χ4v) is 14.0. The van der Waals surface area contributed by atoms with Crippen LogP contribution in [0, 0.1) is 0 Å². The fraction of sp³-hybridized carbons (Fsp3) is 0.684. The zero-order valence-electron chi connectivity index (χ0n) is 16.7. The molecule has 164 valence electrons. The number of rotatable bonds is 12. The van der Waals surface area contributed by atoms with Crippen molar-refractivity contribution in [2.75, 3.05) is 34.5 Å². The van der Waals surface area contributed by atoms with E-state index in [1.807, 2.05) is 47.0 Å². The quantitative estimate of drug-likeness (QED) is 0.202. The molecule has 2 nitrogen and oxygen atoms in total. The molecule has 0 spiro atoms. The predicted molar refractivity (Wildman–Crippen MR) is 150 cm³/mol. The summed E-state index contributed by atoms with van der Waals surface area (Å²) in [5, 5.41) is 1.32. The summed E-state index contributed by atoms with van der Waals surface area (Å²) < 4.78 is 1.46. The second kappa shape index (κ2) is 14.0. The van der Waals surface area contributed by atoms with Crippen molar-refractivity contribution in [1.29, 1.82) is 0 Å². The lowest BCUT2D eigenvalue weighted by Crippen LogP contribution is -2.16. The Morgan fingerprint density at radius 2 is 1.28 bits per heavy atom. The van der Waals surface area contributed by atoms with Crippen LogP contribution >= 0.6 is 94.1 Å². The third-order valence-electron chi connectivity index (χ3n) is 3.91. The predicted octanol–water partition coefficient (Wildman–Crippen LogP) is 6.43. The minimum atomic E-state index is 0.0850. The summed E-state index contributed by atoms with van der Waals surface area (Å²) in [4.78, 5) is 22.8. The highest BCUT2D eigenvalue weighted by molar-refractivity contribution is 8.25. The first-order chi connectivity index (χ1) is 13.8. The summed E-state index contributed by atoms with van der Waals surface area (Å²) >= 11 is 15.1. The summed E-state index contributed by atoms with van der Waals surface area (Å²) in [6.45, 7) is 11.7. The molecule has 4 atom stereocenters. The van der Waals surface area contributed by atoms with Gasteiger partial charge in [0.15, 0.2) is 0 Å². The van der Waals surface area contributed by atoms with E-state index in [2.05, 4.69) is 50.5 Å². The van der Waals surface area contributed by atoms with Crippen molar-refractivity contribution >= 4 is 104 Å². The lowest BCUT2D eigenvalue weighted by molar-refractivity contribution is -0.107. The van der Waals surface area contributed by atoms with E-state index in [-0.39, 0.29) is 14.3 Å². The second-order valence-corrected chi connectivity index (χ2v) is 18.4. The molecule has 0 saturated carbocycles. The van der Waals surface area contributed by atoms with Crippen LogP contribution in [0.2, 0.25) is 0 Å². The van der Waals surface area contributed by atoms with E-state index < -0.39 is 0 Å². The Kier molecular flexibility index (Phi) is 13.0. The van der Waals surface area contributed by atoms with E-state index >= 15 is 0 Å². The maximum Gasteiger partial charge on any atom is 0.211 e. The normalized spacial score (nSPS) is 27.1. The summed E-state index contributed by atoms with van der Waals surface area (Å²) in [5.41, 5.74) is 0. The van der Waals surface area contributed by atoms with Gasteiger partial charge in [0.05, 0.1) is 13.2 Å². The molecule has 0 aromatic heterocycles. The Hall–Kier alpha value is 1.62. The molecule has 2 heterocycles. The number of thioether (sulfide) groups is 8. The summed E-state index contributed by atoms with van der Waals surface area (Å²) in [6.07, 6.45) is 2.82. The molecule has 0 bridgehead atoms. The molecule has 0 radical (unpaired) electrons. The number of hydrogen-bond acceptors (Lipinski definition) is 10. The van der Waals surface area contributed by atoms with E-state index in [4.69, 9.17) is 0 Å². The Balaban J connectivity index is 1.60. The number of hydrogen-bond donors (Lipinski definition) is 0. The minimum absolute atomic E-state index is 0.0850. The molecule has 0 aromatic carbocycles. The van der Waals surface area contributed by atoms with Crippen molar-refractivity contribution in [2.45, 2.75) is 37.6 Å². The minimum Gasteiger partial charge on any atom is -0.282 e. The van der Waals surface area contributed by atoms with Gasteiger partial charge in [-0.3, -0.25) is 9.59 Å². The van der Waals surface area contributed by atoms with E-state index in [0.29, 0.717) is 19.7 Å². The van der Waals surface area contributed by atoms with Crippen molar-refractivity contribution in [3.63, 3.8) is 0 Å². The largest absolute Gasteiger partial charge is 0.282 e. The molecule has 2 rings (SSSR count). The maximum atomic E-state index is 11.4. The summed E-state index contributed by atoms with van der Waals surface area (Å²) in [6, 6.07) is 0. The Morgan fingerprint density at radius 3 is 1.66 bits per heavy atom. The standard InChI is InChI=1S/C19H28O2S8/c1-5-15(20)22-7-13-9-24-17(28-13)11-26-19(3,4)27-12-18-25-10-14(29-18)8-23-16(21)6-2/h5-6,13-14,17-18H,1-2,7-12H2,3-4H3. The summed E-state index contributed by atoms with van der Waals surface area (Å²) in [7, 11) is 0. The molecular formula is C19H28O2S8. The van der Waals surface area contributed by atoms with Gasteiger partial charge in [0.25, 0.3) is 0 Å². The van der Waals surface area contributed by atoms with Gasteiger partial charge in [0.1, 0.15) is 0 Å². The highest BCUT2D eigenvalue weighted by atomic mass is 32.2. The average molecular weight is 545 g/mol. The molecule has 2 aliphatic rings. The second-order valence-electron chi connectivity index (χ2n) is 6.73. The molecule has 4 unspecified atom stereocenters. The third-order valence-corrected chi connectivity index (χ3v) is 16.9. The van der Waals surface area contributed by atoms with Crippen LogP contribution in [0.15, 0.2) is 25.3 Å². The van der Waals surface area contributed by atoms with Gasteiger partial charge < -0.3 is 0 Å². The zero-order valence-corrected chi connectivity index (χ0v) is 23.2. The molecule has 10 heteroatoms. The SMILES string of the molecule is C=CC(=O)SCC1CSC(CSC(C)(C)SCC2SCC(CSC(=O)C=C)S2)S1. The van der Waals surface area contributed by atoms with Crippen molar-refractivity contribution in [2.24, 2.45) is 0 Å². The highest BCUT2D eigenvalue weighted by Gasteiger charge is 2.31. The van der Waals surface area contributed by atoms with E-state index in [0.717, 1.165) is 34.5 Å². The van der Waals surface area contributed by atoms with Crippen molar-refractivity contribution < 1.29 is 9.59 Å². The zero-order chi connectivity index (χ0) is 21.3. The first-order valence-electron chi connectivity index (χ1n) is 9.21. The van der Waals surface area contributed by atoms with Gasteiger partial charge in [-0.1, -0.05) is 36.7 Å². The van der Waals surface area contributed by atoms with Gasteiger partial charge in [-0.25, -0.2) is 0 Å². The lowest BCUT2D eigenvalue weighted by Gasteiger charge is -2.26. The highest BCUT2D eigenvalue weighted by Crippen LogP contribution is 2.47. The molecule has 29 heavy (non-hydrogen) atoms. The molecule has 0 N–H and O–H groups in total. The van der Waals surface area contributed by atoms with E-state index in [1.165, 1.54) is 35.7 Å². The van der Waals surface area contributed by atoms with E-state index in [9.17, 15) is 9.59 Å². The molecule has 0 aliphatic carbocycles. The fourth-order valence-electron chi connectivity index (χ4n) is 2.41. The van der Waals surface area contributed by atoms with Crippen LogP contribution in [0.25, 0.3) is 0 Å². The monoisotopic (exact) mass is 544 g/mol. The van der Waals surface area contributed by atoms with Crippen molar-refractivity contribution in [3.05, 3.63) is 25.3 Å². The third kappa shape index (κ3) is 10.9. The van der Waals surface area contributed by atoms with Gasteiger partial charge in [0.2, 0.25) is 10.2 Å². The van der Waals surface area contributed by atoms with Crippen LogP contribution < -0.4 is 0 Å². The van der Waals surface area contributed by atoms with Crippen LogP contribution in [0.3, 0.4) is 0 Å². The maximum absolute atomic E-state index is 11.4. The van der Waals surface area contributed by atoms with Crippen LogP contribution in [0.1, 0.15) is 13.8 Å². The number of carbonyl (C=O) groups is 2. The molecule has 2 aliphatic heterocycles. The van der Waals surface area contributed by atoms with Crippen LogP contribution in [0.5, 0.6) is 0 Å². The Labute approximate surface area is 209 Å². The smallest absolute Gasteiger partial charge is 0.211 e. The van der Waals surface area contributed by atoms with Gasteiger partial charge in [-0.2, -0.15) is 0 Å². The first kappa shape index (κ1) is 26.9. The van der Waals surface area contributed by atoms with Gasteiger partial charge >= 0.3 is 0 Å². The van der Waals surface area contributed by atoms with Gasteiger partial charge in [-0.05, 0) is 26.0 Å². The molecule has 2 saturated heterocycles. The van der Waals surface area contributed by atoms with Gasteiger partial charge in [-0.15, -0.1) is 70.6 Å². The number of carbonyl (C=O) groups excluding carboxylic acids is 2. The van der Waals surface area contributed by atoms with Crippen molar-refractivity contribution in [1.82, 2.24) is 0 Å². The first-order valence-corrected chi connectivity index (χ1v) is 17.1. The average Bonchev–Trinajstić information content (AvgIpc) is 3.36. The molecule has 0 amide bonds. The van der Waals surface area contributed by atoms with Crippen molar-refractivity contribution in [3.8, 4) is 0 Å². The topological polar surface area (TPSA) is 34.1 Å². The van der Waals surface area contributed by atoms with Crippen LogP contribution in [-0.2, 0) is 9.59 Å². The molecule has 0 aromatic rings. The van der Waals surface area contributed by atoms with Crippen LogP contribution in [0.4, 0.5) is 0 Å². The van der Waals surface area contributed by atoms with E-state index in [1.54, 1.807) is 0 Å². The Morgan fingerprint density at radius 1 is 0.862 bits per heavy atom. The lowest BCUT2D eigenvalue weighted by atomic mass is 10.5. The summed E-state index contributed by atoms with van der Waals surface area (Å²) in [5.74, 6) is 6.39. The molecule has 2 fully saturated rings. The van der Waals surface area contributed by atoms with Gasteiger partial charge in [0, 0.05) is 45.0 Å². The van der Waals surface area contributed by atoms with Crippen LogP contribution in [-0.4, -0.2) is 68.5 Å². The molecular weight excluding hydrogens is 517 g/mol. The Bertz CT molecular complexity index is 535.